The number of nitro groups is 1. The van der Waals surface area contributed by atoms with Gasteiger partial charge in [0.15, 0.2) is 12.3 Å². The Morgan fingerprint density at radius 2 is 2.04 bits per heavy atom. The van der Waals surface area contributed by atoms with Crippen LogP contribution in [-0.4, -0.2) is 50.0 Å². The highest BCUT2D eigenvalue weighted by atomic mass is 16.6. The predicted molar refractivity (Wildman–Crippen MR) is 100 cm³/mol. The average molecular weight is 381 g/mol. The summed E-state index contributed by atoms with van der Waals surface area (Å²) in [5.41, 5.74) is 0.778. The van der Waals surface area contributed by atoms with Crippen molar-refractivity contribution in [3.63, 3.8) is 0 Å². The van der Waals surface area contributed by atoms with Gasteiger partial charge in [-0.15, -0.1) is 10.2 Å². The largest absolute Gasteiger partial charge is 0.484 e. The van der Waals surface area contributed by atoms with E-state index in [1.54, 1.807) is 4.90 Å². The summed E-state index contributed by atoms with van der Waals surface area (Å²) in [6.45, 7) is 1.14. The number of nitrogens with zero attached hydrogens (tertiary/aromatic N) is 5. The number of amides is 1. The number of aromatic nitrogens is 3. The minimum absolute atomic E-state index is 0.0157. The molecule has 1 unspecified atom stereocenters. The molecule has 4 rings (SSSR count). The summed E-state index contributed by atoms with van der Waals surface area (Å²) in [5, 5.41) is 19.2. The fourth-order valence-electron chi connectivity index (χ4n) is 3.45. The van der Waals surface area contributed by atoms with Crippen molar-refractivity contribution in [3.8, 4) is 5.75 Å². The summed E-state index contributed by atoms with van der Waals surface area (Å²) in [7, 11) is 0. The van der Waals surface area contributed by atoms with Gasteiger partial charge in [-0.3, -0.25) is 19.3 Å². The molecule has 9 heteroatoms. The Morgan fingerprint density at radius 3 is 2.82 bits per heavy atom. The molecule has 1 amide bonds. The second kappa shape index (κ2) is 7.63. The van der Waals surface area contributed by atoms with Crippen LogP contribution in [0.4, 0.5) is 5.69 Å². The Bertz CT molecular complexity index is 1000. The summed E-state index contributed by atoms with van der Waals surface area (Å²) in [4.78, 5) is 24.6. The third-order valence-corrected chi connectivity index (χ3v) is 4.89. The number of fused-ring (bicyclic) bond motifs is 1. The molecule has 1 aliphatic heterocycles. The van der Waals surface area contributed by atoms with Crippen molar-refractivity contribution in [1.29, 1.82) is 0 Å². The van der Waals surface area contributed by atoms with Crippen LogP contribution in [0.1, 0.15) is 24.6 Å². The number of rotatable bonds is 5. The molecule has 1 aliphatic rings. The van der Waals surface area contributed by atoms with Crippen LogP contribution >= 0.6 is 0 Å². The van der Waals surface area contributed by atoms with Gasteiger partial charge in [0.1, 0.15) is 11.6 Å². The Balaban J connectivity index is 1.38. The maximum atomic E-state index is 12.6. The molecule has 0 N–H and O–H groups in total. The van der Waals surface area contributed by atoms with Gasteiger partial charge in [-0.1, -0.05) is 6.07 Å². The third-order valence-electron chi connectivity index (χ3n) is 4.89. The van der Waals surface area contributed by atoms with E-state index < -0.39 is 4.92 Å². The van der Waals surface area contributed by atoms with Crippen molar-refractivity contribution in [2.24, 2.45) is 0 Å². The molecule has 2 aromatic heterocycles. The maximum Gasteiger partial charge on any atom is 0.269 e. The van der Waals surface area contributed by atoms with Gasteiger partial charge in [0.2, 0.25) is 0 Å². The number of piperidine rings is 1. The monoisotopic (exact) mass is 381 g/mol. The van der Waals surface area contributed by atoms with Crippen LogP contribution in [0.2, 0.25) is 0 Å². The zero-order valence-electron chi connectivity index (χ0n) is 15.1. The number of carbonyl (C=O) groups excluding carboxylic acids is 1. The highest BCUT2D eigenvalue weighted by Gasteiger charge is 2.28. The van der Waals surface area contributed by atoms with Crippen molar-refractivity contribution in [2.45, 2.75) is 18.8 Å². The molecule has 1 aromatic carbocycles. The van der Waals surface area contributed by atoms with Gasteiger partial charge in [0.25, 0.3) is 11.6 Å². The molecule has 0 bridgehead atoms. The first kappa shape index (κ1) is 17.9. The van der Waals surface area contributed by atoms with Crippen LogP contribution in [0.3, 0.4) is 0 Å². The number of likely N-dealkylation sites (tertiary alicyclic amines) is 1. The van der Waals surface area contributed by atoms with Gasteiger partial charge in [-0.2, -0.15) is 0 Å². The Morgan fingerprint density at radius 1 is 1.21 bits per heavy atom. The minimum Gasteiger partial charge on any atom is -0.484 e. The molecule has 0 radical (unpaired) electrons. The van der Waals surface area contributed by atoms with E-state index in [1.807, 2.05) is 28.8 Å². The number of pyridine rings is 1. The normalized spacial score (nSPS) is 16.9. The molecule has 3 heterocycles. The lowest BCUT2D eigenvalue weighted by molar-refractivity contribution is -0.384. The molecule has 0 spiro atoms. The second-order valence-corrected chi connectivity index (χ2v) is 6.71. The smallest absolute Gasteiger partial charge is 0.269 e. The van der Waals surface area contributed by atoms with Gasteiger partial charge in [-0.25, -0.2) is 0 Å². The van der Waals surface area contributed by atoms with E-state index in [4.69, 9.17) is 4.74 Å². The van der Waals surface area contributed by atoms with Crippen molar-refractivity contribution in [1.82, 2.24) is 19.5 Å². The number of ether oxygens (including phenoxy) is 1. The van der Waals surface area contributed by atoms with E-state index in [2.05, 4.69) is 10.2 Å². The van der Waals surface area contributed by atoms with Crippen LogP contribution in [0, 0.1) is 10.1 Å². The van der Waals surface area contributed by atoms with Gasteiger partial charge < -0.3 is 9.64 Å². The second-order valence-electron chi connectivity index (χ2n) is 6.71. The lowest BCUT2D eigenvalue weighted by atomic mass is 9.97. The molecule has 144 valence electrons. The Hall–Kier alpha value is -3.49. The Labute approximate surface area is 160 Å². The van der Waals surface area contributed by atoms with E-state index >= 15 is 0 Å². The fourth-order valence-corrected chi connectivity index (χ4v) is 3.45. The van der Waals surface area contributed by atoms with Gasteiger partial charge in [0, 0.05) is 37.3 Å². The van der Waals surface area contributed by atoms with E-state index in [-0.39, 0.29) is 24.1 Å². The molecule has 1 fully saturated rings. The summed E-state index contributed by atoms with van der Waals surface area (Å²) in [5.74, 6) is 1.30. The van der Waals surface area contributed by atoms with E-state index in [9.17, 15) is 14.9 Å². The van der Waals surface area contributed by atoms with Gasteiger partial charge >= 0.3 is 0 Å². The molecule has 9 nitrogen and oxygen atoms in total. The topological polar surface area (TPSA) is 103 Å². The highest BCUT2D eigenvalue weighted by molar-refractivity contribution is 5.78. The molecule has 0 aliphatic carbocycles. The van der Waals surface area contributed by atoms with Gasteiger partial charge in [0.05, 0.1) is 4.92 Å². The lowest BCUT2D eigenvalue weighted by Crippen LogP contribution is -2.42. The zero-order chi connectivity index (χ0) is 19.5. The Kier molecular flexibility index (Phi) is 4.88. The van der Waals surface area contributed by atoms with Crippen molar-refractivity contribution in [3.05, 3.63) is 64.6 Å². The minimum atomic E-state index is -0.475. The molecule has 1 saturated heterocycles. The first-order chi connectivity index (χ1) is 13.6. The number of non-ortho nitro benzene ring substituents is 1. The fraction of sp³-hybridized carbons (Fsp3) is 0.316. The maximum absolute atomic E-state index is 12.6. The number of hydrogen-bond donors (Lipinski definition) is 0. The molecular weight excluding hydrogens is 362 g/mol. The zero-order valence-corrected chi connectivity index (χ0v) is 15.1. The first-order valence-corrected chi connectivity index (χ1v) is 9.06. The van der Waals surface area contributed by atoms with Crippen LogP contribution in [0.25, 0.3) is 5.65 Å². The van der Waals surface area contributed by atoms with E-state index in [1.165, 1.54) is 24.3 Å². The summed E-state index contributed by atoms with van der Waals surface area (Å²) < 4.78 is 7.47. The van der Waals surface area contributed by atoms with Crippen LogP contribution in [-0.2, 0) is 4.79 Å². The molecular formula is C19H19N5O4. The predicted octanol–water partition coefficient (Wildman–Crippen LogP) is 2.42. The molecule has 3 aromatic rings. The SMILES string of the molecule is O=C(COc1ccc([N+](=O)[O-])cc1)N1CCCC(c2nnc3ccccn23)C1. The standard InChI is InChI=1S/C19H19N5O4/c25-18(13-28-16-8-6-15(7-9-16)24(26)27)22-10-3-4-14(12-22)19-21-20-17-5-1-2-11-23(17)19/h1-2,5-9,11,14H,3-4,10,12-13H2. The van der Waals surface area contributed by atoms with Crippen molar-refractivity contribution < 1.29 is 14.5 Å². The number of benzene rings is 1. The quantitative estimate of drug-likeness (QED) is 0.497. The lowest BCUT2D eigenvalue weighted by Gasteiger charge is -2.31. The summed E-state index contributed by atoms with van der Waals surface area (Å²) >= 11 is 0. The molecule has 1 atom stereocenters. The van der Waals surface area contributed by atoms with Crippen LogP contribution in [0.5, 0.6) is 5.75 Å². The molecule has 0 saturated carbocycles. The highest BCUT2D eigenvalue weighted by Crippen LogP contribution is 2.26. The van der Waals surface area contributed by atoms with Gasteiger partial charge in [-0.05, 0) is 37.1 Å². The number of hydrogen-bond acceptors (Lipinski definition) is 6. The summed E-state index contributed by atoms with van der Waals surface area (Å²) in [6, 6.07) is 11.4. The molecule has 28 heavy (non-hydrogen) atoms. The van der Waals surface area contributed by atoms with Crippen molar-refractivity contribution >= 4 is 17.2 Å². The summed E-state index contributed by atoms with van der Waals surface area (Å²) in [6.07, 6.45) is 3.77. The number of carbonyl (C=O) groups is 1. The third kappa shape index (κ3) is 3.64. The van der Waals surface area contributed by atoms with Crippen LogP contribution < -0.4 is 4.74 Å². The van der Waals surface area contributed by atoms with Crippen LogP contribution in [0.15, 0.2) is 48.7 Å². The van der Waals surface area contributed by atoms with E-state index in [0.717, 1.165) is 24.3 Å². The average Bonchev–Trinajstić information content (AvgIpc) is 3.16. The van der Waals surface area contributed by atoms with E-state index in [0.29, 0.717) is 18.8 Å². The first-order valence-electron chi connectivity index (χ1n) is 9.06. The van der Waals surface area contributed by atoms with Crippen molar-refractivity contribution in [2.75, 3.05) is 19.7 Å². The number of nitro benzene ring substituents is 1.